The van der Waals surface area contributed by atoms with E-state index >= 15 is 0 Å². The molecule has 0 radical (unpaired) electrons. The lowest BCUT2D eigenvalue weighted by Crippen LogP contribution is -2.33. The molecule has 2 N–H and O–H groups in total. The summed E-state index contributed by atoms with van der Waals surface area (Å²) >= 11 is 0. The molecule has 0 aliphatic carbocycles. The van der Waals surface area contributed by atoms with Gasteiger partial charge in [-0.15, -0.1) is 5.10 Å². The van der Waals surface area contributed by atoms with E-state index in [2.05, 4.69) is 20.9 Å². The molecule has 10 heteroatoms. The number of hydroxylamine groups is 1. The minimum atomic E-state index is -0.544. The highest BCUT2D eigenvalue weighted by molar-refractivity contribution is 6.04. The smallest absolute Gasteiger partial charge is 0.295 e. The molecule has 35 heavy (non-hydrogen) atoms. The van der Waals surface area contributed by atoms with Gasteiger partial charge in [-0.3, -0.25) is 14.4 Å². The maximum atomic E-state index is 13.5. The van der Waals surface area contributed by atoms with Crippen molar-refractivity contribution in [2.75, 3.05) is 5.32 Å². The molecular weight excluding hydrogens is 453 g/mol. The Hall–Kier alpha value is -4.31. The van der Waals surface area contributed by atoms with Crippen molar-refractivity contribution < 1.29 is 23.6 Å². The van der Waals surface area contributed by atoms with Gasteiger partial charge in [-0.1, -0.05) is 12.1 Å². The Morgan fingerprint density at radius 1 is 1.03 bits per heavy atom. The average molecular weight is 477 g/mol. The summed E-state index contributed by atoms with van der Waals surface area (Å²) in [5, 5.41) is 7.11. The Kier molecular flexibility index (Phi) is 6.48. The highest BCUT2D eigenvalue weighted by atomic mass is 19.1. The summed E-state index contributed by atoms with van der Waals surface area (Å²) in [5.74, 6) is -0.753. The van der Waals surface area contributed by atoms with Gasteiger partial charge in [0.2, 0.25) is 5.88 Å². The van der Waals surface area contributed by atoms with Crippen LogP contribution in [-0.4, -0.2) is 32.0 Å². The molecule has 9 nitrogen and oxygen atoms in total. The van der Waals surface area contributed by atoms with Crippen LogP contribution in [0.15, 0.2) is 60.8 Å². The molecule has 0 saturated carbocycles. The van der Waals surface area contributed by atoms with Gasteiger partial charge in [-0.25, -0.2) is 19.4 Å². The molecule has 0 fully saturated rings. The van der Waals surface area contributed by atoms with Crippen molar-refractivity contribution in [3.8, 4) is 11.6 Å². The first kappa shape index (κ1) is 23.8. The van der Waals surface area contributed by atoms with Crippen LogP contribution >= 0.6 is 0 Å². The van der Waals surface area contributed by atoms with Gasteiger partial charge in [0.1, 0.15) is 11.6 Å². The third-order valence-electron chi connectivity index (χ3n) is 4.74. The van der Waals surface area contributed by atoms with Crippen LogP contribution in [0, 0.1) is 12.7 Å². The molecule has 0 bridgehead atoms. The average Bonchev–Trinajstić information content (AvgIpc) is 3.23. The third kappa shape index (κ3) is 5.98. The minimum absolute atomic E-state index is 0.136. The third-order valence-corrected chi connectivity index (χ3v) is 4.74. The van der Waals surface area contributed by atoms with Gasteiger partial charge < -0.3 is 10.1 Å². The molecule has 2 aromatic carbocycles. The van der Waals surface area contributed by atoms with E-state index in [1.807, 2.05) is 27.7 Å². The van der Waals surface area contributed by atoms with E-state index in [1.54, 1.807) is 30.3 Å². The number of imidazole rings is 1. The first-order chi connectivity index (χ1) is 16.6. The van der Waals surface area contributed by atoms with Crippen LogP contribution in [-0.2, 0) is 4.84 Å². The summed E-state index contributed by atoms with van der Waals surface area (Å²) in [6.45, 7) is 7.26. The Morgan fingerprint density at radius 2 is 1.83 bits per heavy atom. The van der Waals surface area contributed by atoms with Crippen LogP contribution in [0.4, 0.5) is 10.1 Å². The monoisotopic (exact) mass is 477 g/mol. The van der Waals surface area contributed by atoms with Crippen LogP contribution in [0.2, 0.25) is 0 Å². The Labute approximate surface area is 200 Å². The first-order valence-electron chi connectivity index (χ1n) is 10.8. The Morgan fingerprint density at radius 3 is 2.57 bits per heavy atom. The lowest BCUT2D eigenvalue weighted by Gasteiger charge is -2.18. The topological polar surface area (TPSA) is 107 Å². The predicted molar refractivity (Wildman–Crippen MR) is 127 cm³/mol. The number of benzene rings is 2. The molecule has 180 valence electrons. The van der Waals surface area contributed by atoms with E-state index in [0.717, 1.165) is 5.56 Å². The molecule has 2 heterocycles. The largest absolute Gasteiger partial charge is 0.438 e. The van der Waals surface area contributed by atoms with Crippen molar-refractivity contribution >= 4 is 23.1 Å². The van der Waals surface area contributed by atoms with Crippen LogP contribution in [0.3, 0.4) is 0 Å². The molecule has 0 unspecified atom stereocenters. The number of hydrogen-bond donors (Lipinski definition) is 2. The number of carbonyl (C=O) groups excluding carboxylic acids is 2. The highest BCUT2D eigenvalue weighted by Gasteiger charge is 2.17. The molecule has 4 aromatic rings. The number of hydrogen-bond acceptors (Lipinski definition) is 6. The standard InChI is InChI=1S/C25H24FN5O4/c1-15-8-9-18(13-19(15)28-23(32)16-6-5-7-17(26)12-16)34-22-11-10-21-27-20(14-31(21)29-22)24(33)30-35-25(2,3)4/h5-14H,1-4H3,(H,28,32)(H,30,33). The van der Waals surface area contributed by atoms with E-state index < -0.39 is 23.2 Å². The van der Waals surface area contributed by atoms with Crippen LogP contribution < -0.4 is 15.5 Å². The second-order valence-electron chi connectivity index (χ2n) is 8.79. The SMILES string of the molecule is Cc1ccc(Oc2ccc3nc(C(=O)NOC(C)(C)C)cn3n2)cc1NC(=O)c1cccc(F)c1. The zero-order valence-electron chi connectivity index (χ0n) is 19.6. The van der Waals surface area contributed by atoms with Gasteiger partial charge in [-0.2, -0.15) is 0 Å². The number of fused-ring (bicyclic) bond motifs is 1. The zero-order chi connectivity index (χ0) is 25.2. The van der Waals surface area contributed by atoms with Crippen molar-refractivity contribution in [1.29, 1.82) is 0 Å². The molecule has 0 aliphatic rings. The van der Waals surface area contributed by atoms with Crippen LogP contribution in [0.5, 0.6) is 11.6 Å². The van der Waals surface area contributed by atoms with Gasteiger partial charge in [0.05, 0.1) is 11.8 Å². The molecule has 2 aromatic heterocycles. The lowest BCUT2D eigenvalue weighted by molar-refractivity contribution is -0.0591. The number of anilines is 1. The molecule has 0 saturated heterocycles. The summed E-state index contributed by atoms with van der Waals surface area (Å²) in [5.41, 5.74) is 3.92. The van der Waals surface area contributed by atoms with Crippen molar-refractivity contribution in [2.45, 2.75) is 33.3 Å². The van der Waals surface area contributed by atoms with Gasteiger partial charge in [0, 0.05) is 23.4 Å². The fourth-order valence-corrected chi connectivity index (χ4v) is 3.02. The summed E-state index contributed by atoms with van der Waals surface area (Å²) in [4.78, 5) is 34.3. The summed E-state index contributed by atoms with van der Waals surface area (Å²) < 4.78 is 20.7. The quantitative estimate of drug-likeness (QED) is 0.391. The maximum absolute atomic E-state index is 13.5. The summed E-state index contributed by atoms with van der Waals surface area (Å²) in [7, 11) is 0. The van der Waals surface area contributed by atoms with E-state index in [4.69, 9.17) is 9.57 Å². The van der Waals surface area contributed by atoms with Gasteiger partial charge >= 0.3 is 0 Å². The summed E-state index contributed by atoms with van der Waals surface area (Å²) in [6, 6.07) is 13.9. The lowest BCUT2D eigenvalue weighted by atomic mass is 10.1. The fourth-order valence-electron chi connectivity index (χ4n) is 3.02. The first-order valence-corrected chi connectivity index (χ1v) is 10.8. The van der Waals surface area contributed by atoms with Gasteiger partial charge in [0.25, 0.3) is 11.8 Å². The molecule has 0 aliphatic heterocycles. The van der Waals surface area contributed by atoms with Crippen molar-refractivity contribution in [3.63, 3.8) is 0 Å². The van der Waals surface area contributed by atoms with Crippen molar-refractivity contribution in [2.24, 2.45) is 0 Å². The zero-order valence-corrected chi connectivity index (χ0v) is 19.6. The summed E-state index contributed by atoms with van der Waals surface area (Å²) in [6.07, 6.45) is 1.46. The fraction of sp³-hybridized carbons (Fsp3) is 0.200. The molecule has 4 rings (SSSR count). The number of aromatic nitrogens is 3. The van der Waals surface area contributed by atoms with Gasteiger partial charge in [-0.05, 0) is 63.6 Å². The maximum Gasteiger partial charge on any atom is 0.295 e. The number of aryl methyl sites for hydroxylation is 1. The number of nitrogens with one attached hydrogen (secondary N) is 2. The van der Waals surface area contributed by atoms with Crippen molar-refractivity contribution in [3.05, 3.63) is 83.4 Å². The van der Waals surface area contributed by atoms with Crippen LogP contribution in [0.25, 0.3) is 5.65 Å². The molecule has 0 spiro atoms. The normalized spacial score (nSPS) is 11.3. The van der Waals surface area contributed by atoms with E-state index in [9.17, 15) is 14.0 Å². The number of carbonyl (C=O) groups is 2. The highest BCUT2D eigenvalue weighted by Crippen LogP contribution is 2.26. The molecular formula is C25H24FN5O4. The number of rotatable bonds is 6. The van der Waals surface area contributed by atoms with Crippen molar-refractivity contribution in [1.82, 2.24) is 20.1 Å². The van der Waals surface area contributed by atoms with E-state index in [-0.39, 0.29) is 17.1 Å². The molecule has 0 atom stereocenters. The van der Waals surface area contributed by atoms with E-state index in [0.29, 0.717) is 17.1 Å². The Balaban J connectivity index is 1.49. The number of amides is 2. The number of halogens is 1. The minimum Gasteiger partial charge on any atom is -0.438 e. The Bertz CT molecular complexity index is 1410. The number of nitrogens with zero attached hydrogens (tertiary/aromatic N) is 3. The second-order valence-corrected chi connectivity index (χ2v) is 8.79. The van der Waals surface area contributed by atoms with E-state index in [1.165, 1.54) is 35.0 Å². The number of ether oxygens (including phenoxy) is 1. The van der Waals surface area contributed by atoms with Gasteiger partial charge in [0.15, 0.2) is 11.3 Å². The van der Waals surface area contributed by atoms with Crippen LogP contribution in [0.1, 0.15) is 47.2 Å². The predicted octanol–water partition coefficient (Wildman–Crippen LogP) is 4.68. The molecule has 2 amide bonds. The second kappa shape index (κ2) is 9.51.